The van der Waals surface area contributed by atoms with Crippen LogP contribution in [0.25, 0.3) is 0 Å². The number of nitrogens with zero attached hydrogens (tertiary/aromatic N) is 2. The molecule has 1 fully saturated rings. The normalized spacial score (nSPS) is 15.8. The van der Waals surface area contributed by atoms with Crippen LogP contribution in [0.4, 0.5) is 5.69 Å². The Bertz CT molecular complexity index is 689. The van der Waals surface area contributed by atoms with E-state index in [0.29, 0.717) is 25.6 Å². The highest BCUT2D eigenvalue weighted by molar-refractivity contribution is 5.79. The molecule has 0 atom stereocenters. The van der Waals surface area contributed by atoms with Crippen molar-refractivity contribution >= 4 is 11.6 Å². The van der Waals surface area contributed by atoms with Crippen molar-refractivity contribution in [2.45, 2.75) is 32.9 Å². The standard InChI is InChI=1S/C21H30N4O2/c1-2-22-21(24-15-20-4-3-13-27-20)23-14-17-5-7-19(8-6-17)25-11-9-18(16-26)10-12-25/h3-8,13,18,26H,2,9-12,14-16H2,1H3,(H2,22,23,24). The largest absolute Gasteiger partial charge is 0.467 e. The molecule has 1 saturated heterocycles. The summed E-state index contributed by atoms with van der Waals surface area (Å²) >= 11 is 0. The Hall–Kier alpha value is -2.47. The Morgan fingerprint density at radius 1 is 1.19 bits per heavy atom. The first kappa shape index (κ1) is 19.3. The fourth-order valence-corrected chi connectivity index (χ4v) is 3.28. The number of benzene rings is 1. The van der Waals surface area contributed by atoms with E-state index in [1.165, 1.54) is 11.3 Å². The minimum Gasteiger partial charge on any atom is -0.467 e. The van der Waals surface area contributed by atoms with Crippen LogP contribution < -0.4 is 15.5 Å². The summed E-state index contributed by atoms with van der Waals surface area (Å²) in [5, 5.41) is 15.8. The lowest BCUT2D eigenvalue weighted by molar-refractivity contribution is 0.203. The van der Waals surface area contributed by atoms with Crippen molar-refractivity contribution in [2.75, 3.05) is 31.1 Å². The van der Waals surface area contributed by atoms with Gasteiger partial charge in [-0.1, -0.05) is 12.1 Å². The molecule has 27 heavy (non-hydrogen) atoms. The second-order valence-electron chi connectivity index (χ2n) is 6.91. The molecule has 0 aliphatic carbocycles. The van der Waals surface area contributed by atoms with Crippen molar-refractivity contribution in [1.82, 2.24) is 10.6 Å². The van der Waals surface area contributed by atoms with Gasteiger partial charge in [-0.25, -0.2) is 4.99 Å². The molecule has 0 spiro atoms. The van der Waals surface area contributed by atoms with Gasteiger partial charge in [-0.15, -0.1) is 0 Å². The van der Waals surface area contributed by atoms with Crippen molar-refractivity contribution in [1.29, 1.82) is 0 Å². The van der Waals surface area contributed by atoms with Gasteiger partial charge in [0, 0.05) is 31.9 Å². The van der Waals surface area contributed by atoms with Gasteiger partial charge in [0.1, 0.15) is 5.76 Å². The van der Waals surface area contributed by atoms with Crippen molar-refractivity contribution < 1.29 is 9.52 Å². The van der Waals surface area contributed by atoms with Gasteiger partial charge in [0.15, 0.2) is 5.96 Å². The fourth-order valence-electron chi connectivity index (χ4n) is 3.28. The Morgan fingerprint density at radius 3 is 2.59 bits per heavy atom. The third-order valence-corrected chi connectivity index (χ3v) is 4.95. The van der Waals surface area contributed by atoms with E-state index in [-0.39, 0.29) is 0 Å². The summed E-state index contributed by atoms with van der Waals surface area (Å²) in [7, 11) is 0. The monoisotopic (exact) mass is 370 g/mol. The van der Waals surface area contributed by atoms with Crippen LogP contribution in [0.3, 0.4) is 0 Å². The fraction of sp³-hybridized carbons (Fsp3) is 0.476. The summed E-state index contributed by atoms with van der Waals surface area (Å²) in [6, 6.07) is 12.5. The van der Waals surface area contributed by atoms with Gasteiger partial charge >= 0.3 is 0 Å². The smallest absolute Gasteiger partial charge is 0.191 e. The van der Waals surface area contributed by atoms with Crippen LogP contribution in [0, 0.1) is 5.92 Å². The van der Waals surface area contributed by atoms with E-state index in [9.17, 15) is 5.11 Å². The van der Waals surface area contributed by atoms with Gasteiger partial charge < -0.3 is 25.1 Å². The molecule has 1 aliphatic rings. The lowest BCUT2D eigenvalue weighted by atomic mass is 9.97. The van der Waals surface area contributed by atoms with Crippen molar-refractivity contribution in [2.24, 2.45) is 10.9 Å². The number of guanidine groups is 1. The highest BCUT2D eigenvalue weighted by Crippen LogP contribution is 2.23. The third-order valence-electron chi connectivity index (χ3n) is 4.95. The Morgan fingerprint density at radius 2 is 1.96 bits per heavy atom. The van der Waals surface area contributed by atoms with Gasteiger partial charge in [0.2, 0.25) is 0 Å². The molecule has 0 unspecified atom stereocenters. The molecule has 1 aromatic heterocycles. The number of nitrogens with one attached hydrogen (secondary N) is 2. The summed E-state index contributed by atoms with van der Waals surface area (Å²) in [4.78, 5) is 7.05. The van der Waals surface area contributed by atoms with Crippen LogP contribution >= 0.6 is 0 Å². The molecule has 1 aromatic carbocycles. The maximum atomic E-state index is 9.27. The Kier molecular flexibility index (Phi) is 7.16. The highest BCUT2D eigenvalue weighted by atomic mass is 16.3. The molecule has 2 aromatic rings. The van der Waals surface area contributed by atoms with Crippen LogP contribution in [0.5, 0.6) is 0 Å². The molecule has 2 heterocycles. The SMILES string of the molecule is CCNC(=NCc1ccc(N2CCC(CO)CC2)cc1)NCc1ccco1. The number of furan rings is 1. The van der Waals surface area contributed by atoms with Gasteiger partial charge in [-0.3, -0.25) is 0 Å². The van der Waals surface area contributed by atoms with Crippen LogP contribution in [-0.4, -0.2) is 37.3 Å². The van der Waals surface area contributed by atoms with Gasteiger partial charge in [0.05, 0.1) is 19.4 Å². The first-order valence-corrected chi connectivity index (χ1v) is 9.77. The molecule has 0 amide bonds. The molecule has 0 bridgehead atoms. The number of aliphatic imine (C=N–C) groups is 1. The molecule has 3 N–H and O–H groups in total. The average molecular weight is 370 g/mol. The quantitative estimate of drug-likeness (QED) is 0.516. The third kappa shape index (κ3) is 5.76. The zero-order valence-electron chi connectivity index (χ0n) is 16.0. The van der Waals surface area contributed by atoms with Crippen LogP contribution in [-0.2, 0) is 13.1 Å². The second-order valence-corrected chi connectivity index (χ2v) is 6.91. The van der Waals surface area contributed by atoms with E-state index in [1.807, 2.05) is 12.1 Å². The summed E-state index contributed by atoms with van der Waals surface area (Å²) in [6.07, 6.45) is 3.81. The molecule has 6 heteroatoms. The van der Waals surface area contributed by atoms with Gasteiger partial charge in [0.25, 0.3) is 0 Å². The van der Waals surface area contributed by atoms with Crippen molar-refractivity contribution in [3.63, 3.8) is 0 Å². The Balaban J connectivity index is 1.53. The molecule has 146 valence electrons. The Labute approximate surface area is 161 Å². The number of rotatable bonds is 7. The molecule has 0 radical (unpaired) electrons. The first-order chi connectivity index (χ1) is 13.3. The number of aliphatic hydroxyl groups is 1. The lowest BCUT2D eigenvalue weighted by Crippen LogP contribution is -2.36. The predicted molar refractivity (Wildman–Crippen MR) is 109 cm³/mol. The topological polar surface area (TPSA) is 73.0 Å². The van der Waals surface area contributed by atoms with Gasteiger partial charge in [-0.2, -0.15) is 0 Å². The number of aliphatic hydroxyl groups excluding tert-OH is 1. The number of piperidine rings is 1. The van der Waals surface area contributed by atoms with E-state index in [0.717, 1.165) is 44.2 Å². The maximum absolute atomic E-state index is 9.27. The second kappa shape index (κ2) is 10.0. The lowest BCUT2D eigenvalue weighted by Gasteiger charge is -2.32. The molecular weight excluding hydrogens is 340 g/mol. The van der Waals surface area contributed by atoms with Crippen molar-refractivity contribution in [3.05, 3.63) is 54.0 Å². The minimum absolute atomic E-state index is 0.312. The number of hydrogen-bond donors (Lipinski definition) is 3. The van der Waals surface area contributed by atoms with Crippen LogP contribution in [0.15, 0.2) is 52.1 Å². The number of anilines is 1. The van der Waals surface area contributed by atoms with E-state index < -0.39 is 0 Å². The number of hydrogen-bond acceptors (Lipinski definition) is 4. The van der Waals surface area contributed by atoms with E-state index in [4.69, 9.17) is 4.42 Å². The zero-order valence-corrected chi connectivity index (χ0v) is 16.0. The van der Waals surface area contributed by atoms with E-state index in [2.05, 4.69) is 51.7 Å². The molecule has 1 aliphatic heterocycles. The summed E-state index contributed by atoms with van der Waals surface area (Å²) in [5.74, 6) is 2.13. The van der Waals surface area contributed by atoms with Crippen molar-refractivity contribution in [3.8, 4) is 0 Å². The van der Waals surface area contributed by atoms with Gasteiger partial charge in [-0.05, 0) is 55.5 Å². The van der Waals surface area contributed by atoms with E-state index in [1.54, 1.807) is 6.26 Å². The summed E-state index contributed by atoms with van der Waals surface area (Å²) in [6.45, 7) is 6.45. The molecule has 3 rings (SSSR count). The average Bonchev–Trinajstić information content (AvgIpc) is 3.24. The van der Waals surface area contributed by atoms with Crippen LogP contribution in [0.1, 0.15) is 31.1 Å². The summed E-state index contributed by atoms with van der Waals surface area (Å²) < 4.78 is 5.35. The molecular formula is C21H30N4O2. The highest BCUT2D eigenvalue weighted by Gasteiger charge is 2.18. The van der Waals surface area contributed by atoms with Crippen LogP contribution in [0.2, 0.25) is 0 Å². The minimum atomic E-state index is 0.312. The maximum Gasteiger partial charge on any atom is 0.191 e. The first-order valence-electron chi connectivity index (χ1n) is 9.77. The zero-order chi connectivity index (χ0) is 18.9. The summed E-state index contributed by atoms with van der Waals surface area (Å²) in [5.41, 5.74) is 2.43. The molecule has 6 nitrogen and oxygen atoms in total. The predicted octanol–water partition coefficient (Wildman–Crippen LogP) is 2.74. The molecule has 0 saturated carbocycles. The van der Waals surface area contributed by atoms with E-state index >= 15 is 0 Å².